The second kappa shape index (κ2) is 6.66. The maximum atomic E-state index is 13.6. The van der Waals surface area contributed by atoms with Gasteiger partial charge in [0.25, 0.3) is 0 Å². The van der Waals surface area contributed by atoms with E-state index in [0.717, 1.165) is 37.9 Å². The first kappa shape index (κ1) is 14.0. The molecule has 19 heavy (non-hydrogen) atoms. The molecule has 1 aliphatic heterocycles. The Kier molecular flexibility index (Phi) is 4.91. The van der Waals surface area contributed by atoms with E-state index >= 15 is 0 Å². The highest BCUT2D eigenvalue weighted by molar-refractivity contribution is 5.90. The quantitative estimate of drug-likeness (QED) is 0.878. The molecule has 0 radical (unpaired) electrons. The number of hydrogen-bond acceptors (Lipinski definition) is 2. The first-order chi connectivity index (χ1) is 9.15. The third-order valence-corrected chi connectivity index (χ3v) is 3.64. The predicted octanol–water partition coefficient (Wildman–Crippen LogP) is 2.85. The van der Waals surface area contributed by atoms with Gasteiger partial charge in [0.2, 0.25) is 5.91 Å². The number of aryl methyl sites for hydroxylation is 1. The summed E-state index contributed by atoms with van der Waals surface area (Å²) in [5, 5.41) is 5.95. The molecule has 4 heteroatoms. The molecule has 1 heterocycles. The van der Waals surface area contributed by atoms with Gasteiger partial charge in [-0.15, -0.1) is 0 Å². The van der Waals surface area contributed by atoms with Gasteiger partial charge in [0, 0.05) is 6.42 Å². The SMILES string of the molecule is Cc1ccc(NC(=O)CCC2CCNCC2)c(F)c1. The van der Waals surface area contributed by atoms with Gasteiger partial charge < -0.3 is 10.6 Å². The normalized spacial score (nSPS) is 16.3. The summed E-state index contributed by atoms with van der Waals surface area (Å²) < 4.78 is 13.6. The van der Waals surface area contributed by atoms with Crippen molar-refractivity contribution in [3.63, 3.8) is 0 Å². The van der Waals surface area contributed by atoms with Crippen LogP contribution in [0, 0.1) is 18.7 Å². The van der Waals surface area contributed by atoms with E-state index in [9.17, 15) is 9.18 Å². The van der Waals surface area contributed by atoms with Crippen molar-refractivity contribution in [2.75, 3.05) is 18.4 Å². The molecule has 2 rings (SSSR count). The highest BCUT2D eigenvalue weighted by Gasteiger charge is 2.15. The van der Waals surface area contributed by atoms with Crippen molar-refractivity contribution in [2.45, 2.75) is 32.6 Å². The molecule has 0 atom stereocenters. The smallest absolute Gasteiger partial charge is 0.224 e. The fourth-order valence-corrected chi connectivity index (χ4v) is 2.44. The summed E-state index contributed by atoms with van der Waals surface area (Å²) in [6.45, 7) is 3.91. The number of amides is 1. The van der Waals surface area contributed by atoms with Crippen LogP contribution in [0.2, 0.25) is 0 Å². The van der Waals surface area contributed by atoms with E-state index < -0.39 is 0 Å². The fraction of sp³-hybridized carbons (Fsp3) is 0.533. The number of piperidine rings is 1. The summed E-state index contributed by atoms with van der Waals surface area (Å²) in [4.78, 5) is 11.8. The molecular formula is C15H21FN2O. The molecule has 1 aliphatic rings. The zero-order valence-electron chi connectivity index (χ0n) is 11.3. The number of hydrogen-bond donors (Lipinski definition) is 2. The molecule has 0 spiro atoms. The van der Waals surface area contributed by atoms with Crippen LogP contribution in [-0.2, 0) is 4.79 Å². The molecule has 3 nitrogen and oxygen atoms in total. The first-order valence-electron chi connectivity index (χ1n) is 6.92. The van der Waals surface area contributed by atoms with Crippen molar-refractivity contribution < 1.29 is 9.18 Å². The zero-order valence-corrected chi connectivity index (χ0v) is 11.3. The maximum absolute atomic E-state index is 13.6. The van der Waals surface area contributed by atoms with Crippen molar-refractivity contribution in [1.29, 1.82) is 0 Å². The van der Waals surface area contributed by atoms with Gasteiger partial charge in [-0.05, 0) is 62.9 Å². The number of nitrogens with one attached hydrogen (secondary N) is 2. The average molecular weight is 264 g/mol. The summed E-state index contributed by atoms with van der Waals surface area (Å²) >= 11 is 0. The lowest BCUT2D eigenvalue weighted by Crippen LogP contribution is -2.28. The average Bonchev–Trinajstić information content (AvgIpc) is 2.41. The number of halogens is 1. The predicted molar refractivity (Wildman–Crippen MR) is 74.6 cm³/mol. The lowest BCUT2D eigenvalue weighted by molar-refractivity contribution is -0.116. The van der Waals surface area contributed by atoms with Crippen molar-refractivity contribution >= 4 is 11.6 Å². The third kappa shape index (κ3) is 4.31. The monoisotopic (exact) mass is 264 g/mol. The molecule has 1 amide bonds. The van der Waals surface area contributed by atoms with Crippen molar-refractivity contribution in [3.8, 4) is 0 Å². The van der Waals surface area contributed by atoms with E-state index in [2.05, 4.69) is 10.6 Å². The first-order valence-corrected chi connectivity index (χ1v) is 6.92. The summed E-state index contributed by atoms with van der Waals surface area (Å²) in [5.74, 6) is 0.159. The van der Waals surface area contributed by atoms with E-state index in [0.29, 0.717) is 12.3 Å². The minimum atomic E-state index is -0.366. The van der Waals surface area contributed by atoms with Gasteiger partial charge in [0.05, 0.1) is 5.69 Å². The van der Waals surface area contributed by atoms with Crippen molar-refractivity contribution in [1.82, 2.24) is 5.32 Å². The Hall–Kier alpha value is -1.42. The number of carbonyl (C=O) groups is 1. The molecule has 0 bridgehead atoms. The molecule has 1 saturated heterocycles. The second-order valence-electron chi connectivity index (χ2n) is 5.26. The van der Waals surface area contributed by atoms with Crippen LogP contribution in [0.4, 0.5) is 10.1 Å². The number of rotatable bonds is 4. The molecule has 1 aromatic rings. The van der Waals surface area contributed by atoms with Gasteiger partial charge in [-0.3, -0.25) is 4.79 Å². The molecule has 104 valence electrons. The van der Waals surface area contributed by atoms with Crippen LogP contribution in [-0.4, -0.2) is 19.0 Å². The highest BCUT2D eigenvalue weighted by atomic mass is 19.1. The molecule has 0 saturated carbocycles. The number of carbonyl (C=O) groups excluding carboxylic acids is 1. The van der Waals surface area contributed by atoms with Crippen LogP contribution < -0.4 is 10.6 Å². The Balaban J connectivity index is 1.80. The van der Waals surface area contributed by atoms with Gasteiger partial charge in [-0.2, -0.15) is 0 Å². The lowest BCUT2D eigenvalue weighted by Gasteiger charge is -2.22. The topological polar surface area (TPSA) is 41.1 Å². The van der Waals surface area contributed by atoms with Crippen molar-refractivity contribution in [3.05, 3.63) is 29.6 Å². The number of benzene rings is 1. The molecule has 0 aromatic heterocycles. The van der Waals surface area contributed by atoms with Crippen molar-refractivity contribution in [2.24, 2.45) is 5.92 Å². The summed E-state index contributed by atoms with van der Waals surface area (Å²) in [6, 6.07) is 4.85. The van der Waals surface area contributed by atoms with Crippen LogP contribution in [0.5, 0.6) is 0 Å². The Morgan fingerprint density at radius 1 is 1.42 bits per heavy atom. The summed E-state index contributed by atoms with van der Waals surface area (Å²) in [7, 11) is 0. The third-order valence-electron chi connectivity index (χ3n) is 3.64. The summed E-state index contributed by atoms with van der Waals surface area (Å²) in [5.41, 5.74) is 1.13. The van der Waals surface area contributed by atoms with E-state index in [-0.39, 0.29) is 17.4 Å². The standard InChI is InChI=1S/C15H21FN2O/c1-11-2-4-14(13(16)10-11)18-15(19)5-3-12-6-8-17-9-7-12/h2,4,10,12,17H,3,5-9H2,1H3,(H,18,19). The lowest BCUT2D eigenvalue weighted by atomic mass is 9.93. The minimum Gasteiger partial charge on any atom is -0.324 e. The van der Waals surface area contributed by atoms with Crippen LogP contribution in [0.3, 0.4) is 0 Å². The highest BCUT2D eigenvalue weighted by Crippen LogP contribution is 2.19. The minimum absolute atomic E-state index is 0.0960. The number of anilines is 1. The van der Waals surface area contributed by atoms with E-state index in [1.54, 1.807) is 12.1 Å². The Labute approximate surface area is 113 Å². The molecule has 1 fully saturated rings. The van der Waals surface area contributed by atoms with E-state index in [4.69, 9.17) is 0 Å². The zero-order chi connectivity index (χ0) is 13.7. The largest absolute Gasteiger partial charge is 0.324 e. The van der Waals surface area contributed by atoms with Gasteiger partial charge in [-0.25, -0.2) is 4.39 Å². The molecule has 0 unspecified atom stereocenters. The van der Waals surface area contributed by atoms with Gasteiger partial charge in [0.15, 0.2) is 0 Å². The molecular weight excluding hydrogens is 243 g/mol. The molecule has 2 N–H and O–H groups in total. The Morgan fingerprint density at radius 2 is 2.16 bits per heavy atom. The fourth-order valence-electron chi connectivity index (χ4n) is 2.44. The van der Waals surface area contributed by atoms with Gasteiger partial charge >= 0.3 is 0 Å². The van der Waals surface area contributed by atoms with Crippen LogP contribution in [0.25, 0.3) is 0 Å². The van der Waals surface area contributed by atoms with E-state index in [1.807, 2.05) is 6.92 Å². The van der Waals surface area contributed by atoms with Crippen LogP contribution in [0.15, 0.2) is 18.2 Å². The van der Waals surface area contributed by atoms with Crippen LogP contribution in [0.1, 0.15) is 31.2 Å². The summed E-state index contributed by atoms with van der Waals surface area (Å²) in [6.07, 6.45) is 3.62. The Bertz CT molecular complexity index is 442. The Morgan fingerprint density at radius 3 is 2.84 bits per heavy atom. The second-order valence-corrected chi connectivity index (χ2v) is 5.26. The van der Waals surface area contributed by atoms with Gasteiger partial charge in [0.1, 0.15) is 5.82 Å². The van der Waals surface area contributed by atoms with E-state index in [1.165, 1.54) is 6.07 Å². The van der Waals surface area contributed by atoms with Gasteiger partial charge in [-0.1, -0.05) is 6.07 Å². The molecule has 1 aromatic carbocycles. The molecule has 0 aliphatic carbocycles. The maximum Gasteiger partial charge on any atom is 0.224 e. The van der Waals surface area contributed by atoms with Crippen LogP contribution >= 0.6 is 0 Å².